The highest BCUT2D eigenvalue weighted by molar-refractivity contribution is 7.98. The third kappa shape index (κ3) is 3.41. The molecule has 2 N–H and O–H groups in total. The van der Waals surface area contributed by atoms with Crippen LogP contribution in [0.15, 0.2) is 24.3 Å². The van der Waals surface area contributed by atoms with Gasteiger partial charge in [-0.25, -0.2) is 0 Å². The van der Waals surface area contributed by atoms with E-state index in [1.54, 1.807) is 0 Å². The molecule has 0 aliphatic carbocycles. The van der Waals surface area contributed by atoms with Gasteiger partial charge in [-0.15, -0.1) is 0 Å². The molecule has 0 saturated carbocycles. The van der Waals surface area contributed by atoms with Crippen molar-refractivity contribution in [2.24, 2.45) is 5.73 Å². The minimum absolute atomic E-state index is 0.656. The molecule has 1 nitrogen and oxygen atoms in total. The zero-order valence-electron chi connectivity index (χ0n) is 8.12. The van der Waals surface area contributed by atoms with E-state index in [-0.39, 0.29) is 0 Å². The summed E-state index contributed by atoms with van der Waals surface area (Å²) in [5.41, 5.74) is 8.32. The van der Waals surface area contributed by atoms with Crippen molar-refractivity contribution in [3.63, 3.8) is 0 Å². The van der Waals surface area contributed by atoms with Crippen molar-refractivity contribution in [3.05, 3.63) is 35.4 Å². The summed E-state index contributed by atoms with van der Waals surface area (Å²) >= 11 is 1.98. The summed E-state index contributed by atoms with van der Waals surface area (Å²) in [5.74, 6) is 2.33. The van der Waals surface area contributed by atoms with E-state index < -0.39 is 0 Å². The lowest BCUT2D eigenvalue weighted by Gasteiger charge is -2.06. The molecule has 1 rings (SSSR count). The van der Waals surface area contributed by atoms with Gasteiger partial charge in [-0.05, 0) is 23.3 Å². The van der Waals surface area contributed by atoms with E-state index in [0.29, 0.717) is 6.54 Å². The molecular formula is C11H17NS. The highest BCUT2D eigenvalue weighted by Crippen LogP contribution is 2.16. The lowest BCUT2D eigenvalue weighted by molar-refractivity contribution is 1.04. The SMILES string of the molecule is CCCSCc1ccccc1CN. The van der Waals surface area contributed by atoms with Gasteiger partial charge in [0.15, 0.2) is 0 Å². The van der Waals surface area contributed by atoms with Gasteiger partial charge in [0, 0.05) is 12.3 Å². The van der Waals surface area contributed by atoms with Crippen molar-refractivity contribution in [2.75, 3.05) is 5.75 Å². The second kappa shape index (κ2) is 6.06. The van der Waals surface area contributed by atoms with Gasteiger partial charge in [0.2, 0.25) is 0 Å². The highest BCUT2D eigenvalue weighted by Gasteiger charge is 1.98. The molecule has 13 heavy (non-hydrogen) atoms. The first-order valence-electron chi connectivity index (χ1n) is 4.73. The number of nitrogens with two attached hydrogens (primary N) is 1. The molecule has 72 valence electrons. The Balaban J connectivity index is 2.54. The molecule has 0 radical (unpaired) electrons. The Bertz CT molecular complexity index is 248. The molecule has 0 bridgehead atoms. The Morgan fingerprint density at radius 2 is 1.92 bits per heavy atom. The normalized spacial score (nSPS) is 10.3. The third-order valence-corrected chi connectivity index (χ3v) is 3.16. The van der Waals surface area contributed by atoms with Crippen LogP contribution in [0.4, 0.5) is 0 Å². The largest absolute Gasteiger partial charge is 0.326 e. The van der Waals surface area contributed by atoms with Gasteiger partial charge < -0.3 is 5.73 Å². The first kappa shape index (κ1) is 10.6. The summed E-state index contributed by atoms with van der Waals surface area (Å²) in [5, 5.41) is 0. The van der Waals surface area contributed by atoms with Gasteiger partial charge in [0.1, 0.15) is 0 Å². The lowest BCUT2D eigenvalue weighted by atomic mass is 10.1. The number of hydrogen-bond donors (Lipinski definition) is 1. The van der Waals surface area contributed by atoms with Crippen LogP contribution in [-0.2, 0) is 12.3 Å². The molecule has 0 amide bonds. The van der Waals surface area contributed by atoms with E-state index >= 15 is 0 Å². The Kier molecular flexibility index (Phi) is 4.94. The van der Waals surface area contributed by atoms with Crippen molar-refractivity contribution in [1.82, 2.24) is 0 Å². The van der Waals surface area contributed by atoms with Crippen LogP contribution in [0.5, 0.6) is 0 Å². The second-order valence-corrected chi connectivity index (χ2v) is 4.13. The van der Waals surface area contributed by atoms with Crippen molar-refractivity contribution in [2.45, 2.75) is 25.6 Å². The minimum atomic E-state index is 0.656. The van der Waals surface area contributed by atoms with E-state index in [1.165, 1.54) is 23.3 Å². The molecule has 0 saturated heterocycles. The van der Waals surface area contributed by atoms with Gasteiger partial charge in [0.25, 0.3) is 0 Å². The van der Waals surface area contributed by atoms with Crippen LogP contribution in [0.25, 0.3) is 0 Å². The van der Waals surface area contributed by atoms with Crippen LogP contribution >= 0.6 is 11.8 Å². The fourth-order valence-electron chi connectivity index (χ4n) is 1.22. The summed E-state index contributed by atoms with van der Waals surface area (Å²) in [4.78, 5) is 0. The average molecular weight is 195 g/mol. The molecular weight excluding hydrogens is 178 g/mol. The van der Waals surface area contributed by atoms with Gasteiger partial charge in [0.05, 0.1) is 0 Å². The van der Waals surface area contributed by atoms with Gasteiger partial charge in [-0.1, -0.05) is 31.2 Å². The Hall–Kier alpha value is -0.470. The zero-order chi connectivity index (χ0) is 9.52. The maximum atomic E-state index is 5.65. The predicted octanol–water partition coefficient (Wildman–Crippen LogP) is 2.79. The van der Waals surface area contributed by atoms with Crippen LogP contribution in [0.2, 0.25) is 0 Å². The smallest absolute Gasteiger partial charge is 0.0187 e. The van der Waals surface area contributed by atoms with Crippen molar-refractivity contribution in [3.8, 4) is 0 Å². The summed E-state index contributed by atoms with van der Waals surface area (Å²) in [6.07, 6.45) is 1.25. The molecule has 0 spiro atoms. The number of rotatable bonds is 5. The molecule has 0 aliphatic heterocycles. The minimum Gasteiger partial charge on any atom is -0.326 e. The molecule has 0 aliphatic rings. The second-order valence-electron chi connectivity index (χ2n) is 3.03. The van der Waals surface area contributed by atoms with Crippen LogP contribution in [0.3, 0.4) is 0 Å². The fraction of sp³-hybridized carbons (Fsp3) is 0.455. The molecule has 1 aromatic rings. The standard InChI is InChI=1S/C11H17NS/c1-2-7-13-9-11-6-4-3-5-10(11)8-12/h3-6H,2,7-9,12H2,1H3. The van der Waals surface area contributed by atoms with Gasteiger partial charge in [-0.2, -0.15) is 11.8 Å². The molecule has 0 heterocycles. The average Bonchev–Trinajstić information content (AvgIpc) is 2.19. The molecule has 0 fully saturated rings. The summed E-state index contributed by atoms with van der Waals surface area (Å²) < 4.78 is 0. The maximum Gasteiger partial charge on any atom is 0.0187 e. The van der Waals surface area contributed by atoms with E-state index in [9.17, 15) is 0 Å². The first-order chi connectivity index (χ1) is 6.38. The highest BCUT2D eigenvalue weighted by atomic mass is 32.2. The van der Waals surface area contributed by atoms with Crippen LogP contribution in [0.1, 0.15) is 24.5 Å². The van der Waals surface area contributed by atoms with Crippen LogP contribution in [-0.4, -0.2) is 5.75 Å². The van der Waals surface area contributed by atoms with Crippen molar-refractivity contribution < 1.29 is 0 Å². The van der Waals surface area contributed by atoms with Crippen LogP contribution in [0, 0.1) is 0 Å². The fourth-order valence-corrected chi connectivity index (χ4v) is 2.16. The molecule has 0 unspecified atom stereocenters. The van der Waals surface area contributed by atoms with E-state index in [1.807, 2.05) is 11.8 Å². The Morgan fingerprint density at radius 3 is 2.54 bits per heavy atom. The molecule has 0 aromatic heterocycles. The number of thioether (sulfide) groups is 1. The first-order valence-corrected chi connectivity index (χ1v) is 5.88. The van der Waals surface area contributed by atoms with Crippen molar-refractivity contribution >= 4 is 11.8 Å². The van der Waals surface area contributed by atoms with E-state index in [4.69, 9.17) is 5.73 Å². The number of hydrogen-bond acceptors (Lipinski definition) is 2. The van der Waals surface area contributed by atoms with E-state index in [2.05, 4.69) is 31.2 Å². The van der Waals surface area contributed by atoms with Crippen LogP contribution < -0.4 is 5.73 Å². The van der Waals surface area contributed by atoms with E-state index in [0.717, 1.165) is 5.75 Å². The third-order valence-electron chi connectivity index (χ3n) is 1.94. The summed E-state index contributed by atoms with van der Waals surface area (Å²) in [7, 11) is 0. The number of benzene rings is 1. The molecule has 1 aromatic carbocycles. The van der Waals surface area contributed by atoms with Gasteiger partial charge in [-0.3, -0.25) is 0 Å². The lowest BCUT2D eigenvalue weighted by Crippen LogP contribution is -2.00. The summed E-state index contributed by atoms with van der Waals surface area (Å²) in [6.45, 7) is 2.87. The Labute approximate surface area is 84.7 Å². The molecule has 0 atom stereocenters. The monoisotopic (exact) mass is 195 g/mol. The van der Waals surface area contributed by atoms with Gasteiger partial charge >= 0.3 is 0 Å². The quantitative estimate of drug-likeness (QED) is 0.731. The Morgan fingerprint density at radius 1 is 1.23 bits per heavy atom. The van der Waals surface area contributed by atoms with Crippen molar-refractivity contribution in [1.29, 1.82) is 0 Å². The zero-order valence-corrected chi connectivity index (χ0v) is 8.94. The maximum absolute atomic E-state index is 5.65. The topological polar surface area (TPSA) is 26.0 Å². The molecule has 2 heteroatoms. The summed E-state index contributed by atoms with van der Waals surface area (Å²) in [6, 6.07) is 8.42. The predicted molar refractivity (Wildman–Crippen MR) is 60.8 cm³/mol.